The fourth-order valence-corrected chi connectivity index (χ4v) is 3.15. The van der Waals surface area contributed by atoms with Crippen molar-refractivity contribution in [3.63, 3.8) is 0 Å². The zero-order chi connectivity index (χ0) is 19.7. The zero-order valence-electron chi connectivity index (χ0n) is 17.5. The summed E-state index contributed by atoms with van der Waals surface area (Å²) in [5.41, 5.74) is 7.92. The molecule has 1 heteroatoms. The van der Waals surface area contributed by atoms with E-state index in [1.807, 2.05) is 19.1 Å². The van der Waals surface area contributed by atoms with Crippen molar-refractivity contribution in [2.24, 2.45) is 0 Å². The van der Waals surface area contributed by atoms with E-state index in [-0.39, 0.29) is 10.8 Å². The Balaban J connectivity index is 2.86. The molecule has 0 N–H and O–H groups in total. The first kappa shape index (κ1) is 20.2. The van der Waals surface area contributed by atoms with E-state index in [1.165, 1.54) is 16.7 Å². The van der Waals surface area contributed by atoms with Crippen molar-refractivity contribution >= 4 is 11.9 Å². The van der Waals surface area contributed by atoms with Gasteiger partial charge in [-0.1, -0.05) is 84.0 Å². The van der Waals surface area contributed by atoms with Crippen LogP contribution in [-0.2, 0) is 15.6 Å². The number of hydrogen-bond acceptors (Lipinski definition) is 1. The van der Waals surface area contributed by atoms with Crippen LogP contribution in [0.4, 0.5) is 0 Å². The molecule has 0 aliphatic carbocycles. The Morgan fingerprint density at radius 2 is 1.35 bits per heavy atom. The van der Waals surface area contributed by atoms with Gasteiger partial charge in [0.1, 0.15) is 6.29 Å². The average molecular weight is 349 g/mol. The number of rotatable bonds is 3. The minimum absolute atomic E-state index is 0.0436. The maximum atomic E-state index is 11.7. The number of benzene rings is 2. The predicted molar refractivity (Wildman–Crippen MR) is 113 cm³/mol. The van der Waals surface area contributed by atoms with Crippen LogP contribution in [0.3, 0.4) is 0 Å². The van der Waals surface area contributed by atoms with E-state index >= 15 is 0 Å². The van der Waals surface area contributed by atoms with Gasteiger partial charge in [-0.15, -0.1) is 0 Å². The number of allylic oxidation sites excluding steroid dienone is 1. The molecule has 0 aliphatic heterocycles. The van der Waals surface area contributed by atoms with Gasteiger partial charge in [-0.2, -0.15) is 0 Å². The molecule has 0 radical (unpaired) electrons. The monoisotopic (exact) mass is 348 g/mol. The molecule has 0 spiro atoms. The van der Waals surface area contributed by atoms with E-state index in [1.54, 1.807) is 0 Å². The van der Waals surface area contributed by atoms with Crippen LogP contribution < -0.4 is 0 Å². The Bertz CT molecular complexity index is 807. The van der Waals surface area contributed by atoms with Crippen molar-refractivity contribution in [1.29, 1.82) is 0 Å². The molecule has 26 heavy (non-hydrogen) atoms. The SMILES string of the molecule is C/C(C=O)=C(/c1cc(C(C)(C)C)cc(C(C)(C)C)c1)c1ccccc1C. The molecule has 0 unspecified atom stereocenters. The standard InChI is InChI=1S/C25H32O/c1-17-11-9-10-12-22(17)23(18(2)16-26)19-13-20(24(3,4)5)15-21(14-19)25(6,7)8/h9-16H,1-8H3/b23-18+. The summed E-state index contributed by atoms with van der Waals surface area (Å²) in [6, 6.07) is 15.1. The van der Waals surface area contributed by atoms with Gasteiger partial charge in [-0.3, -0.25) is 4.79 Å². The third-order valence-electron chi connectivity index (χ3n) is 4.94. The van der Waals surface area contributed by atoms with E-state index in [9.17, 15) is 4.79 Å². The Kier molecular flexibility index (Phi) is 5.61. The smallest absolute Gasteiger partial charge is 0.146 e. The summed E-state index contributed by atoms with van der Waals surface area (Å²) in [5, 5.41) is 0. The second-order valence-electron chi connectivity index (χ2n) is 9.29. The molecule has 0 amide bonds. The van der Waals surface area contributed by atoms with E-state index in [0.717, 1.165) is 28.6 Å². The lowest BCUT2D eigenvalue weighted by Crippen LogP contribution is -2.17. The maximum Gasteiger partial charge on any atom is 0.146 e. The molecule has 0 saturated carbocycles. The minimum Gasteiger partial charge on any atom is -0.298 e. The lowest BCUT2D eigenvalue weighted by atomic mass is 9.77. The fraction of sp³-hybridized carbons (Fsp3) is 0.400. The summed E-state index contributed by atoms with van der Waals surface area (Å²) < 4.78 is 0. The van der Waals surface area contributed by atoms with Gasteiger partial charge in [0.15, 0.2) is 0 Å². The third kappa shape index (κ3) is 4.33. The van der Waals surface area contributed by atoms with Gasteiger partial charge in [-0.25, -0.2) is 0 Å². The van der Waals surface area contributed by atoms with Gasteiger partial charge < -0.3 is 0 Å². The van der Waals surface area contributed by atoms with E-state index in [2.05, 4.69) is 78.8 Å². The van der Waals surface area contributed by atoms with E-state index in [4.69, 9.17) is 0 Å². The van der Waals surface area contributed by atoms with Crippen molar-refractivity contribution in [3.05, 3.63) is 75.9 Å². The Morgan fingerprint density at radius 1 is 0.846 bits per heavy atom. The van der Waals surface area contributed by atoms with Gasteiger partial charge in [0.2, 0.25) is 0 Å². The van der Waals surface area contributed by atoms with Crippen LogP contribution in [-0.4, -0.2) is 6.29 Å². The van der Waals surface area contributed by atoms with Crippen LogP contribution in [0.25, 0.3) is 5.57 Å². The van der Waals surface area contributed by atoms with Crippen molar-refractivity contribution in [2.45, 2.75) is 66.2 Å². The molecule has 0 atom stereocenters. The second kappa shape index (κ2) is 7.23. The highest BCUT2D eigenvalue weighted by atomic mass is 16.1. The summed E-state index contributed by atoms with van der Waals surface area (Å²) in [5.74, 6) is 0. The van der Waals surface area contributed by atoms with Crippen LogP contribution in [0, 0.1) is 6.92 Å². The molecule has 0 saturated heterocycles. The largest absolute Gasteiger partial charge is 0.298 e. The van der Waals surface area contributed by atoms with Gasteiger partial charge >= 0.3 is 0 Å². The van der Waals surface area contributed by atoms with Gasteiger partial charge in [0, 0.05) is 0 Å². The minimum atomic E-state index is 0.0436. The second-order valence-corrected chi connectivity index (χ2v) is 9.29. The molecule has 138 valence electrons. The topological polar surface area (TPSA) is 17.1 Å². The fourth-order valence-electron chi connectivity index (χ4n) is 3.15. The first-order chi connectivity index (χ1) is 11.9. The lowest BCUT2D eigenvalue weighted by Gasteiger charge is -2.27. The molecular formula is C25H32O. The molecule has 0 fully saturated rings. The molecule has 2 aromatic rings. The molecule has 1 nitrogen and oxygen atoms in total. The lowest BCUT2D eigenvalue weighted by molar-refractivity contribution is -0.104. The molecule has 2 rings (SSSR count). The highest BCUT2D eigenvalue weighted by molar-refractivity contribution is 5.95. The molecule has 0 aliphatic rings. The van der Waals surface area contributed by atoms with Crippen molar-refractivity contribution in [3.8, 4) is 0 Å². The van der Waals surface area contributed by atoms with Crippen LogP contribution in [0.5, 0.6) is 0 Å². The molecule has 2 aromatic carbocycles. The molecule has 0 aromatic heterocycles. The van der Waals surface area contributed by atoms with Crippen LogP contribution >= 0.6 is 0 Å². The normalized spacial score (nSPS) is 13.4. The molecule has 0 heterocycles. The zero-order valence-corrected chi connectivity index (χ0v) is 17.5. The number of hydrogen-bond donors (Lipinski definition) is 0. The number of aldehydes is 1. The third-order valence-corrected chi connectivity index (χ3v) is 4.94. The van der Waals surface area contributed by atoms with Crippen molar-refractivity contribution in [2.75, 3.05) is 0 Å². The Morgan fingerprint density at radius 3 is 1.77 bits per heavy atom. The van der Waals surface area contributed by atoms with Crippen molar-refractivity contribution in [1.82, 2.24) is 0 Å². The molecule has 0 bridgehead atoms. The predicted octanol–water partition coefficient (Wildman–Crippen LogP) is 6.61. The first-order valence-electron chi connectivity index (χ1n) is 9.33. The molecular weight excluding hydrogens is 316 g/mol. The number of carbonyl (C=O) groups is 1. The van der Waals surface area contributed by atoms with Crippen LogP contribution in [0.15, 0.2) is 48.0 Å². The summed E-state index contributed by atoms with van der Waals surface area (Å²) >= 11 is 0. The van der Waals surface area contributed by atoms with Gasteiger partial charge in [0.05, 0.1) is 0 Å². The Labute approximate surface area is 159 Å². The highest BCUT2D eigenvalue weighted by Gasteiger charge is 2.22. The summed E-state index contributed by atoms with van der Waals surface area (Å²) in [6.07, 6.45) is 0.975. The highest BCUT2D eigenvalue weighted by Crippen LogP contribution is 2.36. The Hall–Kier alpha value is -2.15. The number of carbonyl (C=O) groups excluding carboxylic acids is 1. The van der Waals surface area contributed by atoms with Gasteiger partial charge in [0.25, 0.3) is 0 Å². The van der Waals surface area contributed by atoms with E-state index in [0.29, 0.717) is 0 Å². The first-order valence-corrected chi connectivity index (χ1v) is 9.33. The van der Waals surface area contributed by atoms with Gasteiger partial charge in [-0.05, 0) is 63.6 Å². The van der Waals surface area contributed by atoms with Crippen LogP contribution in [0.1, 0.15) is 76.3 Å². The average Bonchev–Trinajstić information content (AvgIpc) is 2.54. The maximum absolute atomic E-state index is 11.7. The summed E-state index contributed by atoms with van der Waals surface area (Å²) in [6.45, 7) is 17.4. The van der Waals surface area contributed by atoms with E-state index < -0.39 is 0 Å². The summed E-state index contributed by atoms with van der Waals surface area (Å²) in [7, 11) is 0. The quantitative estimate of drug-likeness (QED) is 0.450. The van der Waals surface area contributed by atoms with Crippen LogP contribution in [0.2, 0.25) is 0 Å². The van der Waals surface area contributed by atoms with Crippen molar-refractivity contribution < 1.29 is 4.79 Å². The number of aryl methyl sites for hydroxylation is 1. The summed E-state index contributed by atoms with van der Waals surface area (Å²) in [4.78, 5) is 11.7.